The van der Waals surface area contributed by atoms with E-state index in [1.54, 1.807) is 55.5 Å². The third-order valence-electron chi connectivity index (χ3n) is 3.90. The molecule has 0 saturated carbocycles. The number of rotatable bonds is 8. The molecule has 1 aromatic carbocycles. The number of nitrogens with zero attached hydrogens (tertiary/aromatic N) is 1. The summed E-state index contributed by atoms with van der Waals surface area (Å²) in [6, 6.07) is 8.79. The first-order valence-electron chi connectivity index (χ1n) is 8.34. The Labute approximate surface area is 163 Å². The molecule has 0 aliphatic heterocycles. The average Bonchev–Trinajstić information content (AvgIpc) is 3.12. The molecule has 7 heteroatoms. The zero-order chi connectivity index (χ0) is 19.8. The number of esters is 1. The van der Waals surface area contributed by atoms with E-state index in [1.807, 2.05) is 0 Å². The number of furan rings is 1. The van der Waals surface area contributed by atoms with E-state index < -0.39 is 0 Å². The first-order chi connectivity index (χ1) is 12.9. The van der Waals surface area contributed by atoms with Crippen molar-refractivity contribution in [3.8, 4) is 5.75 Å². The maximum atomic E-state index is 12.3. The van der Waals surface area contributed by atoms with Gasteiger partial charge in [0.2, 0.25) is 5.91 Å². The Morgan fingerprint density at radius 1 is 1.22 bits per heavy atom. The molecule has 0 fully saturated rings. The fourth-order valence-corrected chi connectivity index (χ4v) is 2.63. The van der Waals surface area contributed by atoms with Crippen LogP contribution in [0, 0.1) is 0 Å². The molecule has 0 spiro atoms. The monoisotopic (exact) mass is 391 g/mol. The number of halogens is 1. The normalized spacial score (nSPS) is 10.8. The molecule has 0 radical (unpaired) electrons. The van der Waals surface area contributed by atoms with Crippen LogP contribution in [0.2, 0.25) is 5.02 Å². The second-order valence-corrected chi connectivity index (χ2v) is 6.30. The minimum Gasteiger partial charge on any atom is -0.496 e. The summed E-state index contributed by atoms with van der Waals surface area (Å²) in [7, 11) is 4.61. The molecule has 1 amide bonds. The fraction of sp³-hybridized carbons (Fsp3) is 0.300. The number of ether oxygens (including phenoxy) is 2. The van der Waals surface area contributed by atoms with Crippen LogP contribution in [0.3, 0.4) is 0 Å². The van der Waals surface area contributed by atoms with Crippen molar-refractivity contribution in [2.75, 3.05) is 21.3 Å². The van der Waals surface area contributed by atoms with Crippen molar-refractivity contribution < 1.29 is 23.5 Å². The van der Waals surface area contributed by atoms with E-state index in [0.29, 0.717) is 35.3 Å². The van der Waals surface area contributed by atoms with Crippen molar-refractivity contribution >= 4 is 29.6 Å². The second-order valence-electron chi connectivity index (χ2n) is 5.86. The number of hydrogen-bond acceptors (Lipinski definition) is 5. The maximum Gasteiger partial charge on any atom is 0.305 e. The molecule has 0 unspecified atom stereocenters. The molecule has 2 rings (SSSR count). The summed E-state index contributed by atoms with van der Waals surface area (Å²) < 4.78 is 15.5. The molecule has 27 heavy (non-hydrogen) atoms. The number of aryl methyl sites for hydroxylation is 1. The van der Waals surface area contributed by atoms with Crippen molar-refractivity contribution in [1.29, 1.82) is 0 Å². The summed E-state index contributed by atoms with van der Waals surface area (Å²) in [6.07, 6.45) is 3.72. The van der Waals surface area contributed by atoms with Gasteiger partial charge in [-0.1, -0.05) is 11.6 Å². The molecule has 144 valence electrons. The topological polar surface area (TPSA) is 69.0 Å². The first-order valence-corrected chi connectivity index (χ1v) is 8.72. The Kier molecular flexibility index (Phi) is 7.49. The Balaban J connectivity index is 1.95. The number of hydrogen-bond donors (Lipinski definition) is 0. The van der Waals surface area contributed by atoms with Gasteiger partial charge in [-0.3, -0.25) is 9.59 Å². The summed E-state index contributed by atoms with van der Waals surface area (Å²) in [4.78, 5) is 25.0. The predicted molar refractivity (Wildman–Crippen MR) is 103 cm³/mol. The van der Waals surface area contributed by atoms with Crippen molar-refractivity contribution in [1.82, 2.24) is 4.90 Å². The Morgan fingerprint density at radius 3 is 2.70 bits per heavy atom. The van der Waals surface area contributed by atoms with Crippen LogP contribution in [0.1, 0.15) is 23.5 Å². The molecule has 6 nitrogen and oxygen atoms in total. The molecule has 0 bridgehead atoms. The van der Waals surface area contributed by atoms with E-state index in [9.17, 15) is 9.59 Å². The van der Waals surface area contributed by atoms with Crippen molar-refractivity contribution in [3.63, 3.8) is 0 Å². The van der Waals surface area contributed by atoms with Gasteiger partial charge in [0, 0.05) is 36.7 Å². The number of benzene rings is 1. The van der Waals surface area contributed by atoms with Gasteiger partial charge in [0.05, 0.1) is 20.6 Å². The molecule has 0 atom stereocenters. The van der Waals surface area contributed by atoms with Crippen LogP contribution in [0.5, 0.6) is 5.75 Å². The SMILES string of the molecule is COC(=O)CCc1ccc(/C=C/C(=O)N(C)Cc2cc(Cl)ccc2OC)o1. The van der Waals surface area contributed by atoms with Gasteiger partial charge in [0.1, 0.15) is 17.3 Å². The zero-order valence-electron chi connectivity index (χ0n) is 15.5. The third-order valence-corrected chi connectivity index (χ3v) is 4.14. The maximum absolute atomic E-state index is 12.3. The van der Waals surface area contributed by atoms with Crippen molar-refractivity contribution in [2.24, 2.45) is 0 Å². The molecular formula is C20H22ClNO5. The smallest absolute Gasteiger partial charge is 0.305 e. The van der Waals surface area contributed by atoms with E-state index in [-0.39, 0.29) is 18.3 Å². The van der Waals surface area contributed by atoms with Crippen molar-refractivity contribution in [3.05, 3.63) is 58.5 Å². The van der Waals surface area contributed by atoms with Gasteiger partial charge >= 0.3 is 5.97 Å². The Morgan fingerprint density at radius 2 is 2.00 bits per heavy atom. The van der Waals surface area contributed by atoms with E-state index in [2.05, 4.69) is 4.74 Å². The summed E-state index contributed by atoms with van der Waals surface area (Å²) in [5.41, 5.74) is 0.817. The minimum atomic E-state index is -0.295. The minimum absolute atomic E-state index is 0.190. The van der Waals surface area contributed by atoms with Crippen LogP contribution in [0.15, 0.2) is 40.8 Å². The first kappa shape index (κ1) is 20.6. The second kappa shape index (κ2) is 9.83. The van der Waals surface area contributed by atoms with Crippen LogP contribution in [0.4, 0.5) is 0 Å². The summed E-state index contributed by atoms with van der Waals surface area (Å²) in [5, 5.41) is 0.581. The van der Waals surface area contributed by atoms with Crippen LogP contribution >= 0.6 is 11.6 Å². The molecule has 1 aromatic heterocycles. The van der Waals surface area contributed by atoms with Gasteiger partial charge in [-0.05, 0) is 36.4 Å². The van der Waals surface area contributed by atoms with E-state index in [0.717, 1.165) is 5.56 Å². The summed E-state index contributed by atoms with van der Waals surface area (Å²) in [6.45, 7) is 0.357. The highest BCUT2D eigenvalue weighted by atomic mass is 35.5. The van der Waals surface area contributed by atoms with Gasteiger partial charge in [-0.15, -0.1) is 0 Å². The molecule has 2 aromatic rings. The summed E-state index contributed by atoms with van der Waals surface area (Å²) in [5.74, 6) is 1.38. The molecule has 0 saturated heterocycles. The lowest BCUT2D eigenvalue weighted by molar-refractivity contribution is -0.140. The molecular weight excluding hydrogens is 370 g/mol. The lowest BCUT2D eigenvalue weighted by atomic mass is 10.2. The van der Waals surface area contributed by atoms with Crippen LogP contribution in [0.25, 0.3) is 6.08 Å². The highest BCUT2D eigenvalue weighted by Crippen LogP contribution is 2.23. The van der Waals surface area contributed by atoms with Gasteiger partial charge < -0.3 is 18.8 Å². The summed E-state index contributed by atoms with van der Waals surface area (Å²) >= 11 is 6.02. The predicted octanol–water partition coefficient (Wildman–Crippen LogP) is 3.72. The molecule has 1 heterocycles. The Bertz CT molecular complexity index is 828. The van der Waals surface area contributed by atoms with E-state index in [1.165, 1.54) is 13.2 Å². The largest absolute Gasteiger partial charge is 0.496 e. The van der Waals surface area contributed by atoms with E-state index >= 15 is 0 Å². The third kappa shape index (κ3) is 6.18. The lowest BCUT2D eigenvalue weighted by Gasteiger charge is -2.17. The van der Waals surface area contributed by atoms with E-state index in [4.69, 9.17) is 20.8 Å². The quantitative estimate of drug-likeness (QED) is 0.506. The van der Waals surface area contributed by atoms with Crippen LogP contribution < -0.4 is 4.74 Å². The molecule has 0 N–H and O–H groups in total. The number of amides is 1. The molecule has 0 aliphatic rings. The lowest BCUT2D eigenvalue weighted by Crippen LogP contribution is -2.24. The van der Waals surface area contributed by atoms with Gasteiger partial charge in [0.25, 0.3) is 0 Å². The standard InChI is InChI=1S/C20H22ClNO5/c1-22(13-14-12-15(21)4-9-18(14)25-2)19(23)10-7-16-5-6-17(27-16)8-11-20(24)26-3/h4-7,9-10,12H,8,11,13H2,1-3H3/b10-7+. The van der Waals surface area contributed by atoms with Crippen LogP contribution in [-0.2, 0) is 27.3 Å². The van der Waals surface area contributed by atoms with Gasteiger partial charge in [-0.25, -0.2) is 0 Å². The van der Waals surface area contributed by atoms with Gasteiger partial charge in [0.15, 0.2) is 0 Å². The average molecular weight is 392 g/mol. The van der Waals surface area contributed by atoms with Crippen molar-refractivity contribution in [2.45, 2.75) is 19.4 Å². The number of likely N-dealkylation sites (N-methyl/N-ethyl adjacent to an activating group) is 1. The molecule has 0 aliphatic carbocycles. The Hall–Kier alpha value is -2.73. The number of methoxy groups -OCH3 is 2. The highest BCUT2D eigenvalue weighted by Gasteiger charge is 2.11. The van der Waals surface area contributed by atoms with Gasteiger partial charge in [-0.2, -0.15) is 0 Å². The highest BCUT2D eigenvalue weighted by molar-refractivity contribution is 6.30. The fourth-order valence-electron chi connectivity index (χ4n) is 2.43. The van der Waals surface area contributed by atoms with Crippen LogP contribution in [-0.4, -0.2) is 38.0 Å². The number of carbonyl (C=O) groups is 2. The number of carbonyl (C=O) groups excluding carboxylic acids is 2. The zero-order valence-corrected chi connectivity index (χ0v) is 16.3.